The number of phenols is 1. The van der Waals surface area contributed by atoms with Crippen molar-refractivity contribution in [2.24, 2.45) is 4.99 Å². The van der Waals surface area contributed by atoms with E-state index in [2.05, 4.69) is 20.9 Å². The number of aromatic hydroxyl groups is 1. The minimum absolute atomic E-state index is 0.0832. The fourth-order valence-corrected chi connectivity index (χ4v) is 1.80. The quantitative estimate of drug-likeness (QED) is 0.895. The molecule has 0 spiro atoms. The number of halogens is 1. The van der Waals surface area contributed by atoms with Crippen LogP contribution in [0, 0.1) is 0 Å². The summed E-state index contributed by atoms with van der Waals surface area (Å²) < 4.78 is 10.9. The first-order valence-electron chi connectivity index (χ1n) is 4.46. The lowest BCUT2D eigenvalue weighted by Crippen LogP contribution is -2.01. The van der Waals surface area contributed by atoms with Gasteiger partial charge in [0.2, 0.25) is 5.90 Å². The number of benzene rings is 1. The highest BCUT2D eigenvalue weighted by Gasteiger charge is 2.15. The van der Waals surface area contributed by atoms with Gasteiger partial charge in [0, 0.05) is 5.56 Å². The molecular formula is C10H10BrNO3. The number of nitrogens with zero attached hydrogens (tertiary/aromatic N) is 1. The lowest BCUT2D eigenvalue weighted by molar-refractivity contribution is 0.347. The van der Waals surface area contributed by atoms with E-state index < -0.39 is 0 Å². The van der Waals surface area contributed by atoms with Crippen molar-refractivity contribution in [3.63, 3.8) is 0 Å². The number of phenolic OH excluding ortho intramolecular Hbond substituents is 1. The average molecular weight is 272 g/mol. The second kappa shape index (κ2) is 4.10. The molecule has 1 aliphatic rings. The van der Waals surface area contributed by atoms with E-state index in [0.717, 1.165) is 5.56 Å². The van der Waals surface area contributed by atoms with Crippen LogP contribution < -0.4 is 4.74 Å². The Kier molecular flexibility index (Phi) is 2.81. The highest BCUT2D eigenvalue weighted by atomic mass is 79.9. The van der Waals surface area contributed by atoms with Gasteiger partial charge in [-0.25, -0.2) is 4.99 Å². The molecule has 5 heteroatoms. The van der Waals surface area contributed by atoms with E-state index in [-0.39, 0.29) is 5.75 Å². The van der Waals surface area contributed by atoms with E-state index in [0.29, 0.717) is 29.3 Å². The summed E-state index contributed by atoms with van der Waals surface area (Å²) in [5.41, 5.74) is 0.800. The Morgan fingerprint density at radius 2 is 2.33 bits per heavy atom. The van der Waals surface area contributed by atoms with Crippen molar-refractivity contribution >= 4 is 21.8 Å². The maximum atomic E-state index is 9.61. The third kappa shape index (κ3) is 1.92. The molecule has 80 valence electrons. The predicted octanol–water partition coefficient (Wildman–Crippen LogP) is 1.94. The first-order chi connectivity index (χ1) is 7.22. The van der Waals surface area contributed by atoms with Gasteiger partial charge < -0.3 is 14.6 Å². The molecule has 0 fully saturated rings. The van der Waals surface area contributed by atoms with Crippen molar-refractivity contribution < 1.29 is 14.6 Å². The zero-order chi connectivity index (χ0) is 10.8. The first kappa shape index (κ1) is 10.3. The van der Waals surface area contributed by atoms with Crippen molar-refractivity contribution in [2.75, 3.05) is 20.3 Å². The third-order valence-electron chi connectivity index (χ3n) is 2.08. The number of methoxy groups -OCH3 is 1. The number of hydrogen-bond donors (Lipinski definition) is 1. The zero-order valence-electron chi connectivity index (χ0n) is 8.16. The molecule has 0 saturated heterocycles. The van der Waals surface area contributed by atoms with Gasteiger partial charge >= 0.3 is 0 Å². The van der Waals surface area contributed by atoms with Crippen LogP contribution in [0.1, 0.15) is 5.56 Å². The van der Waals surface area contributed by atoms with Crippen LogP contribution in [-0.2, 0) is 4.74 Å². The highest BCUT2D eigenvalue weighted by Crippen LogP contribution is 2.35. The number of aliphatic imine (C=N–C) groups is 1. The van der Waals surface area contributed by atoms with Gasteiger partial charge in [0.1, 0.15) is 6.61 Å². The van der Waals surface area contributed by atoms with E-state index in [4.69, 9.17) is 9.47 Å². The molecule has 0 aliphatic carbocycles. The molecule has 1 aromatic rings. The summed E-state index contributed by atoms with van der Waals surface area (Å²) in [5, 5.41) is 9.61. The van der Waals surface area contributed by atoms with Crippen molar-refractivity contribution in [3.8, 4) is 11.5 Å². The van der Waals surface area contributed by atoms with Gasteiger partial charge in [0.25, 0.3) is 0 Å². The highest BCUT2D eigenvalue weighted by molar-refractivity contribution is 9.10. The fourth-order valence-electron chi connectivity index (χ4n) is 1.36. The number of rotatable bonds is 2. The monoisotopic (exact) mass is 271 g/mol. The van der Waals surface area contributed by atoms with Gasteiger partial charge in [-0.05, 0) is 28.1 Å². The smallest absolute Gasteiger partial charge is 0.216 e. The van der Waals surface area contributed by atoms with Gasteiger partial charge in [-0.2, -0.15) is 0 Å². The molecule has 0 atom stereocenters. The van der Waals surface area contributed by atoms with Crippen LogP contribution in [0.25, 0.3) is 0 Å². The standard InChI is InChI=1S/C10H10BrNO3/c1-14-8-5-6(4-7(11)9(8)13)10-12-2-3-15-10/h4-5,13H,2-3H2,1H3. The molecule has 1 heterocycles. The van der Waals surface area contributed by atoms with E-state index in [1.54, 1.807) is 12.1 Å². The molecule has 0 saturated carbocycles. The molecule has 0 aromatic heterocycles. The van der Waals surface area contributed by atoms with E-state index in [9.17, 15) is 5.11 Å². The predicted molar refractivity (Wildman–Crippen MR) is 59.7 cm³/mol. The van der Waals surface area contributed by atoms with Crippen molar-refractivity contribution in [2.45, 2.75) is 0 Å². The molecule has 0 bridgehead atoms. The van der Waals surface area contributed by atoms with Gasteiger partial charge in [0.15, 0.2) is 11.5 Å². The Bertz CT molecular complexity index is 417. The van der Waals surface area contributed by atoms with Gasteiger partial charge in [-0.1, -0.05) is 0 Å². The van der Waals surface area contributed by atoms with Crippen LogP contribution in [0.3, 0.4) is 0 Å². The molecule has 1 aromatic carbocycles. The van der Waals surface area contributed by atoms with E-state index in [1.807, 2.05) is 0 Å². The Morgan fingerprint density at radius 1 is 1.53 bits per heavy atom. The summed E-state index contributed by atoms with van der Waals surface area (Å²) in [7, 11) is 1.50. The lowest BCUT2D eigenvalue weighted by atomic mass is 10.2. The fraction of sp³-hybridized carbons (Fsp3) is 0.300. The minimum Gasteiger partial charge on any atom is -0.503 e. The summed E-state index contributed by atoms with van der Waals surface area (Å²) in [6.45, 7) is 1.28. The molecule has 0 amide bonds. The summed E-state index contributed by atoms with van der Waals surface area (Å²) in [5.74, 6) is 1.08. The Balaban J connectivity index is 2.45. The van der Waals surface area contributed by atoms with Crippen LogP contribution >= 0.6 is 15.9 Å². The van der Waals surface area contributed by atoms with Gasteiger partial charge in [-0.3, -0.25) is 0 Å². The Hall–Kier alpha value is -1.23. The summed E-state index contributed by atoms with van der Waals surface area (Å²) in [6, 6.07) is 3.45. The first-order valence-corrected chi connectivity index (χ1v) is 5.26. The molecule has 2 rings (SSSR count). The molecule has 15 heavy (non-hydrogen) atoms. The van der Waals surface area contributed by atoms with E-state index >= 15 is 0 Å². The molecule has 0 unspecified atom stereocenters. The van der Waals surface area contributed by atoms with Crippen LogP contribution in [-0.4, -0.2) is 31.3 Å². The molecule has 1 aliphatic heterocycles. The van der Waals surface area contributed by atoms with E-state index in [1.165, 1.54) is 7.11 Å². The largest absolute Gasteiger partial charge is 0.503 e. The van der Waals surface area contributed by atoms with Gasteiger partial charge in [0.05, 0.1) is 18.1 Å². The Labute approximate surface area is 95.7 Å². The minimum atomic E-state index is 0.0832. The number of ether oxygens (including phenoxy) is 2. The second-order valence-electron chi connectivity index (χ2n) is 3.04. The molecular weight excluding hydrogens is 262 g/mol. The number of hydrogen-bond acceptors (Lipinski definition) is 4. The lowest BCUT2D eigenvalue weighted by Gasteiger charge is -2.08. The van der Waals surface area contributed by atoms with Crippen molar-refractivity contribution in [1.82, 2.24) is 0 Å². The topological polar surface area (TPSA) is 51.0 Å². The molecule has 1 N–H and O–H groups in total. The normalized spacial score (nSPS) is 14.7. The van der Waals surface area contributed by atoms with Crippen LogP contribution in [0.15, 0.2) is 21.6 Å². The third-order valence-corrected chi connectivity index (χ3v) is 2.69. The maximum absolute atomic E-state index is 9.61. The van der Waals surface area contributed by atoms with Crippen molar-refractivity contribution in [1.29, 1.82) is 0 Å². The van der Waals surface area contributed by atoms with Crippen LogP contribution in [0.4, 0.5) is 0 Å². The van der Waals surface area contributed by atoms with Crippen LogP contribution in [0.2, 0.25) is 0 Å². The van der Waals surface area contributed by atoms with Crippen molar-refractivity contribution in [3.05, 3.63) is 22.2 Å². The molecule has 0 radical (unpaired) electrons. The zero-order valence-corrected chi connectivity index (χ0v) is 9.74. The molecule has 4 nitrogen and oxygen atoms in total. The van der Waals surface area contributed by atoms with Crippen LogP contribution in [0.5, 0.6) is 11.5 Å². The van der Waals surface area contributed by atoms with Gasteiger partial charge in [-0.15, -0.1) is 0 Å². The second-order valence-corrected chi connectivity index (χ2v) is 3.90. The SMILES string of the molecule is COc1cc(C2=NCCO2)cc(Br)c1O. The Morgan fingerprint density at radius 3 is 2.93 bits per heavy atom. The average Bonchev–Trinajstić information content (AvgIpc) is 2.75. The summed E-state index contributed by atoms with van der Waals surface area (Å²) >= 11 is 3.24. The summed E-state index contributed by atoms with van der Waals surface area (Å²) in [6.07, 6.45) is 0. The summed E-state index contributed by atoms with van der Waals surface area (Å²) in [4.78, 5) is 4.19. The maximum Gasteiger partial charge on any atom is 0.216 e.